The predicted molar refractivity (Wildman–Crippen MR) is 122 cm³/mol. The number of aromatic nitrogens is 2. The average molecular weight is 406 g/mol. The molecule has 1 heterocycles. The van der Waals surface area contributed by atoms with Gasteiger partial charge in [0.2, 0.25) is 5.91 Å². The zero-order valence-corrected chi connectivity index (χ0v) is 18.0. The summed E-state index contributed by atoms with van der Waals surface area (Å²) in [5.41, 5.74) is 4.69. The number of imidazole rings is 1. The van der Waals surface area contributed by atoms with Crippen molar-refractivity contribution < 1.29 is 9.53 Å². The molecule has 0 aliphatic rings. The number of rotatable bonds is 11. The number of nitrogens with one attached hydrogen (secondary N) is 1. The minimum Gasteiger partial charge on any atom is -0.492 e. The SMILES string of the molecule is C=CC(=O)NCCCCCc1nc2ccccc2n1CCOc1ccc(C)c(C)c1. The molecule has 0 radical (unpaired) electrons. The van der Waals surface area contributed by atoms with Crippen molar-refractivity contribution in [2.24, 2.45) is 0 Å². The Hall–Kier alpha value is -3.08. The molecule has 0 saturated carbocycles. The fourth-order valence-corrected chi connectivity index (χ4v) is 3.49. The van der Waals surface area contributed by atoms with E-state index in [1.807, 2.05) is 12.1 Å². The monoisotopic (exact) mass is 405 g/mol. The van der Waals surface area contributed by atoms with E-state index < -0.39 is 0 Å². The van der Waals surface area contributed by atoms with Crippen LogP contribution in [0, 0.1) is 13.8 Å². The maximum atomic E-state index is 11.2. The molecule has 0 aliphatic carbocycles. The molecule has 3 rings (SSSR count). The summed E-state index contributed by atoms with van der Waals surface area (Å²) in [4.78, 5) is 16.0. The summed E-state index contributed by atoms with van der Waals surface area (Å²) in [7, 11) is 0. The summed E-state index contributed by atoms with van der Waals surface area (Å²) in [6, 6.07) is 14.5. The third-order valence-corrected chi connectivity index (χ3v) is 5.36. The number of carbonyl (C=O) groups is 1. The second-order valence-electron chi connectivity index (χ2n) is 7.57. The standard InChI is InChI=1S/C25H31N3O2/c1-4-25(29)26-15-9-5-6-12-24-27-22-10-7-8-11-23(22)28(24)16-17-30-21-14-13-19(2)20(3)18-21/h4,7-8,10-11,13-14,18H,1,5-6,9,12,15-17H2,2-3H3,(H,26,29). The fourth-order valence-electron chi connectivity index (χ4n) is 3.49. The molecule has 0 saturated heterocycles. The molecule has 1 aromatic heterocycles. The van der Waals surface area contributed by atoms with Gasteiger partial charge in [0.25, 0.3) is 0 Å². The topological polar surface area (TPSA) is 56.2 Å². The van der Waals surface area contributed by atoms with Crippen LogP contribution in [0.4, 0.5) is 0 Å². The van der Waals surface area contributed by atoms with E-state index >= 15 is 0 Å². The molecule has 5 heteroatoms. The summed E-state index contributed by atoms with van der Waals surface area (Å²) >= 11 is 0. The number of unbranched alkanes of at least 4 members (excludes halogenated alkanes) is 2. The highest BCUT2D eigenvalue weighted by Crippen LogP contribution is 2.19. The number of amides is 1. The predicted octanol–water partition coefficient (Wildman–Crippen LogP) is 4.75. The molecule has 2 aromatic carbocycles. The van der Waals surface area contributed by atoms with E-state index in [1.54, 1.807) is 0 Å². The molecular formula is C25H31N3O2. The van der Waals surface area contributed by atoms with E-state index in [0.29, 0.717) is 13.2 Å². The molecule has 0 bridgehead atoms. The highest BCUT2D eigenvalue weighted by Gasteiger charge is 2.10. The number of ether oxygens (including phenoxy) is 1. The van der Waals surface area contributed by atoms with Crippen molar-refractivity contribution in [1.29, 1.82) is 0 Å². The molecular weight excluding hydrogens is 374 g/mol. The van der Waals surface area contributed by atoms with Crippen LogP contribution in [0.1, 0.15) is 36.2 Å². The number of carbonyl (C=O) groups excluding carboxylic acids is 1. The molecule has 1 N–H and O–H groups in total. The summed E-state index contributed by atoms with van der Waals surface area (Å²) < 4.78 is 8.29. The molecule has 1 amide bonds. The lowest BCUT2D eigenvalue weighted by Crippen LogP contribution is -2.21. The second-order valence-corrected chi connectivity index (χ2v) is 7.57. The lowest BCUT2D eigenvalue weighted by molar-refractivity contribution is -0.116. The Balaban J connectivity index is 1.58. The molecule has 0 aliphatic heterocycles. The van der Waals surface area contributed by atoms with Gasteiger partial charge in [-0.15, -0.1) is 0 Å². The zero-order valence-electron chi connectivity index (χ0n) is 18.0. The number of para-hydroxylation sites is 2. The van der Waals surface area contributed by atoms with Crippen LogP contribution in [0.5, 0.6) is 5.75 Å². The number of benzene rings is 2. The van der Waals surface area contributed by atoms with Gasteiger partial charge in [-0.05, 0) is 68.2 Å². The van der Waals surface area contributed by atoms with Gasteiger partial charge < -0.3 is 14.6 Å². The van der Waals surface area contributed by atoms with Crippen molar-refractivity contribution in [3.8, 4) is 5.75 Å². The smallest absolute Gasteiger partial charge is 0.243 e. The minimum absolute atomic E-state index is 0.111. The first-order valence-electron chi connectivity index (χ1n) is 10.6. The first kappa shape index (κ1) is 21.6. The van der Waals surface area contributed by atoms with Gasteiger partial charge >= 0.3 is 0 Å². The normalized spacial score (nSPS) is 10.9. The quantitative estimate of drug-likeness (QED) is 0.370. The Morgan fingerprint density at radius 1 is 1.13 bits per heavy atom. The zero-order chi connectivity index (χ0) is 21.3. The van der Waals surface area contributed by atoms with Gasteiger partial charge in [0, 0.05) is 13.0 Å². The van der Waals surface area contributed by atoms with Crippen molar-refractivity contribution in [3.05, 3.63) is 72.1 Å². The van der Waals surface area contributed by atoms with E-state index in [1.165, 1.54) is 17.2 Å². The number of hydrogen-bond donors (Lipinski definition) is 1. The fraction of sp³-hybridized carbons (Fsp3) is 0.360. The average Bonchev–Trinajstić information content (AvgIpc) is 3.10. The lowest BCUT2D eigenvalue weighted by atomic mass is 10.1. The Morgan fingerprint density at radius 3 is 2.77 bits per heavy atom. The number of nitrogens with zero attached hydrogens (tertiary/aromatic N) is 2. The van der Waals surface area contributed by atoms with E-state index in [2.05, 4.69) is 60.6 Å². The molecule has 3 aromatic rings. The van der Waals surface area contributed by atoms with E-state index in [4.69, 9.17) is 9.72 Å². The van der Waals surface area contributed by atoms with Gasteiger partial charge in [-0.1, -0.05) is 31.2 Å². The van der Waals surface area contributed by atoms with Crippen LogP contribution < -0.4 is 10.1 Å². The van der Waals surface area contributed by atoms with E-state index in [0.717, 1.165) is 54.8 Å². The third kappa shape index (κ3) is 5.72. The van der Waals surface area contributed by atoms with Crippen molar-refractivity contribution in [1.82, 2.24) is 14.9 Å². The van der Waals surface area contributed by atoms with Crippen molar-refractivity contribution >= 4 is 16.9 Å². The lowest BCUT2D eigenvalue weighted by Gasteiger charge is -2.12. The van der Waals surface area contributed by atoms with E-state index in [9.17, 15) is 4.79 Å². The van der Waals surface area contributed by atoms with Crippen molar-refractivity contribution in [3.63, 3.8) is 0 Å². The second kappa shape index (κ2) is 10.6. The largest absolute Gasteiger partial charge is 0.492 e. The van der Waals surface area contributed by atoms with E-state index in [-0.39, 0.29) is 5.91 Å². The van der Waals surface area contributed by atoms with Gasteiger partial charge in [-0.25, -0.2) is 4.98 Å². The van der Waals surface area contributed by atoms with Crippen LogP contribution in [0.2, 0.25) is 0 Å². The Bertz CT molecular complexity index is 1010. The highest BCUT2D eigenvalue weighted by molar-refractivity contribution is 5.86. The maximum Gasteiger partial charge on any atom is 0.243 e. The van der Waals surface area contributed by atoms with Crippen LogP contribution in [0.3, 0.4) is 0 Å². The van der Waals surface area contributed by atoms with Crippen molar-refractivity contribution in [2.75, 3.05) is 13.2 Å². The first-order chi connectivity index (χ1) is 14.6. The molecule has 158 valence electrons. The Labute approximate surface area is 178 Å². The molecule has 5 nitrogen and oxygen atoms in total. The summed E-state index contributed by atoms with van der Waals surface area (Å²) in [6.07, 6.45) is 5.25. The van der Waals surface area contributed by atoms with Crippen LogP contribution in [-0.2, 0) is 17.8 Å². The van der Waals surface area contributed by atoms with Gasteiger partial charge in [0.05, 0.1) is 17.6 Å². The Morgan fingerprint density at radius 2 is 1.97 bits per heavy atom. The Kier molecular flexibility index (Phi) is 7.66. The number of hydrogen-bond acceptors (Lipinski definition) is 3. The van der Waals surface area contributed by atoms with Crippen LogP contribution in [0.15, 0.2) is 55.1 Å². The molecule has 0 fully saturated rings. The van der Waals surface area contributed by atoms with Gasteiger partial charge in [-0.2, -0.15) is 0 Å². The van der Waals surface area contributed by atoms with Gasteiger partial charge in [0.15, 0.2) is 0 Å². The highest BCUT2D eigenvalue weighted by atomic mass is 16.5. The molecule has 0 atom stereocenters. The van der Waals surface area contributed by atoms with Crippen LogP contribution >= 0.6 is 0 Å². The van der Waals surface area contributed by atoms with Crippen LogP contribution in [-0.4, -0.2) is 28.6 Å². The van der Waals surface area contributed by atoms with Crippen LogP contribution in [0.25, 0.3) is 11.0 Å². The first-order valence-corrected chi connectivity index (χ1v) is 10.6. The van der Waals surface area contributed by atoms with Crippen molar-refractivity contribution in [2.45, 2.75) is 46.1 Å². The number of aryl methyl sites for hydroxylation is 3. The molecule has 0 spiro atoms. The summed E-state index contributed by atoms with van der Waals surface area (Å²) in [6.45, 7) is 9.72. The maximum absolute atomic E-state index is 11.2. The van der Waals surface area contributed by atoms with Gasteiger partial charge in [-0.3, -0.25) is 4.79 Å². The number of fused-ring (bicyclic) bond motifs is 1. The molecule has 30 heavy (non-hydrogen) atoms. The molecule has 0 unspecified atom stereocenters. The third-order valence-electron chi connectivity index (χ3n) is 5.36. The summed E-state index contributed by atoms with van der Waals surface area (Å²) in [5.74, 6) is 1.89. The minimum atomic E-state index is -0.111. The van der Waals surface area contributed by atoms with Gasteiger partial charge in [0.1, 0.15) is 18.2 Å². The summed E-state index contributed by atoms with van der Waals surface area (Å²) in [5, 5.41) is 2.82.